The summed E-state index contributed by atoms with van der Waals surface area (Å²) in [6, 6.07) is 21.3. The van der Waals surface area contributed by atoms with Crippen LogP contribution in [0.25, 0.3) is 0 Å². The number of benzene rings is 3. The quantitative estimate of drug-likeness (QED) is 0.581. The Morgan fingerprint density at radius 2 is 0.875 bits per heavy atom. The Morgan fingerprint density at radius 1 is 0.500 bits per heavy atom. The van der Waals surface area contributed by atoms with Crippen molar-refractivity contribution in [2.24, 2.45) is 0 Å². The highest BCUT2D eigenvalue weighted by Gasteiger charge is 2.02. The van der Waals surface area contributed by atoms with Crippen molar-refractivity contribution in [2.45, 2.75) is 27.7 Å². The largest absolute Gasteiger partial charge is 0.355 e. The first-order chi connectivity index (χ1) is 11.5. The SMILES string of the molecule is Cc1ccc(C)c(Nc2ccc(Nc3cc(C)ccc3C)cc2)c1. The highest BCUT2D eigenvalue weighted by molar-refractivity contribution is 5.69. The lowest BCUT2D eigenvalue weighted by Gasteiger charge is -2.13. The zero-order chi connectivity index (χ0) is 17.1. The van der Waals surface area contributed by atoms with E-state index in [1.165, 1.54) is 22.3 Å². The Morgan fingerprint density at radius 3 is 1.25 bits per heavy atom. The first-order valence-electron chi connectivity index (χ1n) is 8.30. The lowest BCUT2D eigenvalue weighted by Crippen LogP contribution is -1.96. The first-order valence-corrected chi connectivity index (χ1v) is 8.30. The van der Waals surface area contributed by atoms with Crippen LogP contribution in [0.4, 0.5) is 22.7 Å². The van der Waals surface area contributed by atoms with Gasteiger partial charge in [-0.15, -0.1) is 0 Å². The van der Waals surface area contributed by atoms with Gasteiger partial charge in [-0.25, -0.2) is 0 Å². The lowest BCUT2D eigenvalue weighted by atomic mass is 10.1. The van der Waals surface area contributed by atoms with Gasteiger partial charge in [0.05, 0.1) is 0 Å². The van der Waals surface area contributed by atoms with Gasteiger partial charge in [-0.1, -0.05) is 24.3 Å². The molecule has 3 aromatic rings. The topological polar surface area (TPSA) is 24.1 Å². The van der Waals surface area contributed by atoms with E-state index in [0.29, 0.717) is 0 Å². The highest BCUT2D eigenvalue weighted by Crippen LogP contribution is 2.25. The van der Waals surface area contributed by atoms with E-state index in [0.717, 1.165) is 22.7 Å². The van der Waals surface area contributed by atoms with Gasteiger partial charge >= 0.3 is 0 Å². The van der Waals surface area contributed by atoms with E-state index in [-0.39, 0.29) is 0 Å². The Balaban J connectivity index is 1.76. The van der Waals surface area contributed by atoms with Crippen LogP contribution in [0.2, 0.25) is 0 Å². The molecule has 0 aliphatic carbocycles. The van der Waals surface area contributed by atoms with Crippen molar-refractivity contribution in [3.05, 3.63) is 82.9 Å². The summed E-state index contributed by atoms with van der Waals surface area (Å²) in [5.41, 5.74) is 9.52. The van der Waals surface area contributed by atoms with Gasteiger partial charge in [0.25, 0.3) is 0 Å². The summed E-state index contributed by atoms with van der Waals surface area (Å²) in [6.45, 7) is 8.47. The van der Waals surface area contributed by atoms with Crippen LogP contribution in [0.5, 0.6) is 0 Å². The molecule has 0 saturated carbocycles. The average molecular weight is 316 g/mol. The summed E-state index contributed by atoms with van der Waals surface area (Å²) >= 11 is 0. The molecular weight excluding hydrogens is 292 g/mol. The minimum absolute atomic E-state index is 1.09. The third kappa shape index (κ3) is 3.77. The molecule has 0 saturated heterocycles. The van der Waals surface area contributed by atoms with Crippen LogP contribution in [0, 0.1) is 27.7 Å². The van der Waals surface area contributed by atoms with Gasteiger partial charge in [0, 0.05) is 22.7 Å². The summed E-state index contributed by atoms with van der Waals surface area (Å²) in [5.74, 6) is 0. The Kier molecular flexibility index (Phi) is 4.57. The van der Waals surface area contributed by atoms with Crippen molar-refractivity contribution in [2.75, 3.05) is 10.6 Å². The normalized spacial score (nSPS) is 10.5. The van der Waals surface area contributed by atoms with Gasteiger partial charge in [-0.05, 0) is 86.3 Å². The number of hydrogen-bond donors (Lipinski definition) is 2. The maximum atomic E-state index is 3.50. The Labute approximate surface area is 144 Å². The molecule has 2 nitrogen and oxygen atoms in total. The summed E-state index contributed by atoms with van der Waals surface area (Å²) in [7, 11) is 0. The molecule has 0 aliphatic heterocycles. The van der Waals surface area contributed by atoms with E-state index in [1.807, 2.05) is 0 Å². The van der Waals surface area contributed by atoms with E-state index in [2.05, 4.69) is 99.0 Å². The molecule has 0 amide bonds. The first kappa shape index (κ1) is 16.1. The molecule has 0 bridgehead atoms. The molecule has 2 N–H and O–H groups in total. The van der Waals surface area contributed by atoms with Crippen LogP contribution in [0.1, 0.15) is 22.3 Å². The van der Waals surface area contributed by atoms with Crippen molar-refractivity contribution in [3.63, 3.8) is 0 Å². The van der Waals surface area contributed by atoms with Gasteiger partial charge < -0.3 is 10.6 Å². The van der Waals surface area contributed by atoms with Gasteiger partial charge in [0.2, 0.25) is 0 Å². The minimum Gasteiger partial charge on any atom is -0.355 e. The number of hydrogen-bond acceptors (Lipinski definition) is 2. The molecule has 0 unspecified atom stereocenters. The predicted molar refractivity (Wildman–Crippen MR) is 105 cm³/mol. The zero-order valence-corrected chi connectivity index (χ0v) is 14.8. The van der Waals surface area contributed by atoms with Crippen molar-refractivity contribution in [3.8, 4) is 0 Å². The highest BCUT2D eigenvalue weighted by atomic mass is 14.9. The molecule has 0 fully saturated rings. The van der Waals surface area contributed by atoms with Crippen molar-refractivity contribution < 1.29 is 0 Å². The van der Waals surface area contributed by atoms with E-state index in [4.69, 9.17) is 0 Å². The molecule has 0 atom stereocenters. The Hall–Kier alpha value is -2.74. The van der Waals surface area contributed by atoms with Crippen molar-refractivity contribution in [1.82, 2.24) is 0 Å². The molecule has 24 heavy (non-hydrogen) atoms. The van der Waals surface area contributed by atoms with E-state index < -0.39 is 0 Å². The molecule has 0 aromatic heterocycles. The second-order valence-electron chi connectivity index (χ2n) is 6.46. The Bertz CT molecular complexity index is 776. The molecule has 0 aliphatic rings. The van der Waals surface area contributed by atoms with Crippen LogP contribution >= 0.6 is 0 Å². The molecule has 0 radical (unpaired) electrons. The average Bonchev–Trinajstić information content (AvgIpc) is 2.56. The lowest BCUT2D eigenvalue weighted by molar-refractivity contribution is 1.37. The molecule has 2 heteroatoms. The molecule has 0 spiro atoms. The van der Waals surface area contributed by atoms with Gasteiger partial charge in [0.1, 0.15) is 0 Å². The van der Waals surface area contributed by atoms with Crippen LogP contribution in [0.15, 0.2) is 60.7 Å². The summed E-state index contributed by atoms with van der Waals surface area (Å²) < 4.78 is 0. The van der Waals surface area contributed by atoms with Crippen LogP contribution in [-0.2, 0) is 0 Å². The number of aryl methyl sites for hydroxylation is 4. The summed E-state index contributed by atoms with van der Waals surface area (Å²) in [5, 5.41) is 6.99. The molecule has 122 valence electrons. The monoisotopic (exact) mass is 316 g/mol. The molecule has 3 aromatic carbocycles. The fraction of sp³-hybridized carbons (Fsp3) is 0.182. The molecular formula is C22H24N2. The fourth-order valence-electron chi connectivity index (χ4n) is 2.69. The van der Waals surface area contributed by atoms with Gasteiger partial charge in [-0.2, -0.15) is 0 Å². The third-order valence-corrected chi connectivity index (χ3v) is 4.23. The fourth-order valence-corrected chi connectivity index (χ4v) is 2.69. The number of rotatable bonds is 4. The number of nitrogens with one attached hydrogen (secondary N) is 2. The van der Waals surface area contributed by atoms with Gasteiger partial charge in [0.15, 0.2) is 0 Å². The minimum atomic E-state index is 1.09. The standard InChI is InChI=1S/C22H24N2/c1-15-5-7-17(3)21(13-15)23-19-9-11-20(12-10-19)24-22-14-16(2)6-8-18(22)4/h5-14,23-24H,1-4H3. The maximum Gasteiger partial charge on any atom is 0.0416 e. The van der Waals surface area contributed by atoms with Crippen molar-refractivity contribution >= 4 is 22.7 Å². The molecule has 0 heterocycles. The maximum absolute atomic E-state index is 3.50. The van der Waals surface area contributed by atoms with Crippen LogP contribution < -0.4 is 10.6 Å². The van der Waals surface area contributed by atoms with E-state index >= 15 is 0 Å². The van der Waals surface area contributed by atoms with Crippen LogP contribution in [-0.4, -0.2) is 0 Å². The second-order valence-corrected chi connectivity index (χ2v) is 6.46. The summed E-state index contributed by atoms with van der Waals surface area (Å²) in [6.07, 6.45) is 0. The summed E-state index contributed by atoms with van der Waals surface area (Å²) in [4.78, 5) is 0. The van der Waals surface area contributed by atoms with Crippen molar-refractivity contribution in [1.29, 1.82) is 0 Å². The second kappa shape index (κ2) is 6.79. The van der Waals surface area contributed by atoms with Crippen LogP contribution in [0.3, 0.4) is 0 Å². The van der Waals surface area contributed by atoms with Gasteiger partial charge in [-0.3, -0.25) is 0 Å². The third-order valence-electron chi connectivity index (χ3n) is 4.23. The predicted octanol–water partition coefficient (Wildman–Crippen LogP) is 6.41. The molecule has 3 rings (SSSR count). The van der Waals surface area contributed by atoms with E-state index in [1.54, 1.807) is 0 Å². The smallest absolute Gasteiger partial charge is 0.0416 e. The zero-order valence-electron chi connectivity index (χ0n) is 14.8. The van der Waals surface area contributed by atoms with E-state index in [9.17, 15) is 0 Å². The number of anilines is 4.